The van der Waals surface area contributed by atoms with E-state index in [4.69, 9.17) is 24.2 Å². The molecule has 3 aromatic rings. The van der Waals surface area contributed by atoms with Gasteiger partial charge in [-0.15, -0.1) is 0 Å². The van der Waals surface area contributed by atoms with E-state index in [0.717, 1.165) is 47.4 Å². The quantitative estimate of drug-likeness (QED) is 0.748. The number of morpholine rings is 1. The molecule has 28 heavy (non-hydrogen) atoms. The Labute approximate surface area is 162 Å². The van der Waals surface area contributed by atoms with Crippen LogP contribution in [0.5, 0.6) is 11.5 Å². The lowest BCUT2D eigenvalue weighted by atomic mass is 10.1. The van der Waals surface area contributed by atoms with Gasteiger partial charge < -0.3 is 24.4 Å². The van der Waals surface area contributed by atoms with Crippen molar-refractivity contribution in [1.29, 1.82) is 0 Å². The second-order valence-corrected chi connectivity index (χ2v) is 6.60. The van der Waals surface area contributed by atoms with Crippen LogP contribution in [-0.4, -0.2) is 43.1 Å². The number of ether oxygens (including phenoxy) is 3. The number of fused-ring (bicyclic) bond motifs is 1. The van der Waals surface area contributed by atoms with Crippen molar-refractivity contribution in [2.24, 2.45) is 0 Å². The van der Waals surface area contributed by atoms with Gasteiger partial charge >= 0.3 is 0 Å². The number of hydrogen-bond donors (Lipinski definition) is 1. The van der Waals surface area contributed by atoms with Crippen molar-refractivity contribution in [3.05, 3.63) is 54.6 Å². The molecule has 1 saturated heterocycles. The van der Waals surface area contributed by atoms with Gasteiger partial charge in [0.2, 0.25) is 12.7 Å². The van der Waals surface area contributed by atoms with Crippen molar-refractivity contribution in [1.82, 2.24) is 9.97 Å². The fraction of sp³-hybridized carbons (Fsp3) is 0.238. The molecule has 0 spiro atoms. The molecule has 1 fully saturated rings. The maximum atomic E-state index is 5.47. The summed E-state index contributed by atoms with van der Waals surface area (Å²) in [6.07, 6.45) is 0. The first kappa shape index (κ1) is 16.8. The van der Waals surface area contributed by atoms with E-state index in [0.29, 0.717) is 19.2 Å². The summed E-state index contributed by atoms with van der Waals surface area (Å²) in [6.45, 7) is 3.18. The first-order chi connectivity index (χ1) is 13.8. The van der Waals surface area contributed by atoms with E-state index < -0.39 is 0 Å². The molecule has 2 aromatic carbocycles. The molecule has 0 amide bonds. The van der Waals surface area contributed by atoms with Gasteiger partial charge in [-0.25, -0.2) is 4.98 Å². The van der Waals surface area contributed by atoms with Crippen molar-refractivity contribution in [3.63, 3.8) is 0 Å². The van der Waals surface area contributed by atoms with Crippen LogP contribution in [0.1, 0.15) is 0 Å². The molecule has 2 aliphatic rings. The topological polar surface area (TPSA) is 68.7 Å². The predicted octanol–water partition coefficient (Wildman–Crippen LogP) is 3.45. The molecule has 2 aliphatic heterocycles. The maximum absolute atomic E-state index is 5.47. The molecule has 5 rings (SSSR count). The van der Waals surface area contributed by atoms with Gasteiger partial charge in [0, 0.05) is 36.5 Å². The van der Waals surface area contributed by atoms with E-state index in [2.05, 4.69) is 22.3 Å². The Hall–Kier alpha value is -3.32. The van der Waals surface area contributed by atoms with Crippen molar-refractivity contribution < 1.29 is 14.2 Å². The molecule has 0 bridgehead atoms. The Kier molecular flexibility index (Phi) is 4.42. The second kappa shape index (κ2) is 7.36. The van der Waals surface area contributed by atoms with Crippen molar-refractivity contribution in [3.8, 4) is 22.8 Å². The Morgan fingerprint density at radius 3 is 2.54 bits per heavy atom. The van der Waals surface area contributed by atoms with Gasteiger partial charge in [0.25, 0.3) is 0 Å². The van der Waals surface area contributed by atoms with Gasteiger partial charge in [0.05, 0.1) is 18.9 Å². The van der Waals surface area contributed by atoms with Gasteiger partial charge in [-0.2, -0.15) is 4.98 Å². The highest BCUT2D eigenvalue weighted by molar-refractivity contribution is 5.69. The average molecular weight is 376 g/mol. The third-order valence-electron chi connectivity index (χ3n) is 4.72. The van der Waals surface area contributed by atoms with Crippen LogP contribution in [0, 0.1) is 0 Å². The molecular weight excluding hydrogens is 356 g/mol. The molecule has 0 radical (unpaired) electrons. The fourth-order valence-electron chi connectivity index (χ4n) is 3.28. The van der Waals surface area contributed by atoms with Crippen LogP contribution in [0.4, 0.5) is 17.5 Å². The number of nitrogens with zero attached hydrogens (tertiary/aromatic N) is 3. The van der Waals surface area contributed by atoms with E-state index in [9.17, 15) is 0 Å². The number of hydrogen-bond acceptors (Lipinski definition) is 7. The number of nitrogens with one attached hydrogen (secondary N) is 1. The second-order valence-electron chi connectivity index (χ2n) is 6.60. The standard InChI is InChI=1S/C21H20N4O3/c1-2-4-15(5-3-1)17-13-20(24-21(23-17)25-8-10-26-11-9-25)22-16-6-7-18-19(12-16)28-14-27-18/h1-7,12-13H,8-11,14H2,(H,22,23,24). The third kappa shape index (κ3) is 3.44. The molecule has 0 aliphatic carbocycles. The highest BCUT2D eigenvalue weighted by atomic mass is 16.7. The zero-order valence-corrected chi connectivity index (χ0v) is 15.3. The van der Waals surface area contributed by atoms with Crippen LogP contribution >= 0.6 is 0 Å². The van der Waals surface area contributed by atoms with Crippen LogP contribution in [0.3, 0.4) is 0 Å². The van der Waals surface area contributed by atoms with Gasteiger partial charge in [0.15, 0.2) is 11.5 Å². The van der Waals surface area contributed by atoms with Crippen molar-refractivity contribution >= 4 is 17.5 Å². The summed E-state index contributed by atoms with van der Waals surface area (Å²) in [4.78, 5) is 11.7. The Morgan fingerprint density at radius 2 is 1.68 bits per heavy atom. The Morgan fingerprint density at radius 1 is 0.857 bits per heavy atom. The van der Waals surface area contributed by atoms with E-state index in [1.54, 1.807) is 0 Å². The summed E-state index contributed by atoms with van der Waals surface area (Å²) in [7, 11) is 0. The number of anilines is 3. The minimum atomic E-state index is 0.256. The first-order valence-corrected chi connectivity index (χ1v) is 9.29. The van der Waals surface area contributed by atoms with Crippen LogP contribution in [0.25, 0.3) is 11.3 Å². The van der Waals surface area contributed by atoms with Gasteiger partial charge in [-0.05, 0) is 12.1 Å². The van der Waals surface area contributed by atoms with Gasteiger partial charge in [-0.3, -0.25) is 0 Å². The smallest absolute Gasteiger partial charge is 0.231 e. The van der Waals surface area contributed by atoms with E-state index >= 15 is 0 Å². The highest BCUT2D eigenvalue weighted by Crippen LogP contribution is 2.35. The number of benzene rings is 2. The van der Waals surface area contributed by atoms with Crippen LogP contribution in [0.2, 0.25) is 0 Å². The molecule has 0 atom stereocenters. The van der Waals surface area contributed by atoms with Crippen LogP contribution in [0.15, 0.2) is 54.6 Å². The minimum absolute atomic E-state index is 0.256. The molecule has 3 heterocycles. The largest absolute Gasteiger partial charge is 0.454 e. The molecule has 7 nitrogen and oxygen atoms in total. The summed E-state index contributed by atoms with van der Waals surface area (Å²) >= 11 is 0. The first-order valence-electron chi connectivity index (χ1n) is 9.29. The molecule has 0 saturated carbocycles. The van der Waals surface area contributed by atoms with Gasteiger partial charge in [-0.1, -0.05) is 30.3 Å². The summed E-state index contributed by atoms with van der Waals surface area (Å²) < 4.78 is 16.3. The summed E-state index contributed by atoms with van der Waals surface area (Å²) in [6, 6.07) is 17.8. The van der Waals surface area contributed by atoms with Crippen molar-refractivity contribution in [2.45, 2.75) is 0 Å². The number of rotatable bonds is 4. The summed E-state index contributed by atoms with van der Waals surface area (Å²) in [5.74, 6) is 2.92. The predicted molar refractivity (Wildman–Crippen MR) is 106 cm³/mol. The van der Waals surface area contributed by atoms with E-state index in [1.165, 1.54) is 0 Å². The third-order valence-corrected chi connectivity index (χ3v) is 4.72. The lowest BCUT2D eigenvalue weighted by Crippen LogP contribution is -2.37. The van der Waals surface area contributed by atoms with Crippen LogP contribution in [-0.2, 0) is 4.74 Å². The molecule has 1 N–H and O–H groups in total. The summed E-state index contributed by atoms with van der Waals surface area (Å²) in [5, 5.41) is 3.38. The zero-order valence-electron chi connectivity index (χ0n) is 15.3. The van der Waals surface area contributed by atoms with Gasteiger partial charge in [0.1, 0.15) is 5.82 Å². The van der Waals surface area contributed by atoms with Crippen LogP contribution < -0.4 is 19.7 Å². The molecular formula is C21H20N4O3. The fourth-order valence-corrected chi connectivity index (χ4v) is 3.28. The normalized spacial score (nSPS) is 15.5. The van der Waals surface area contributed by atoms with Crippen molar-refractivity contribution in [2.75, 3.05) is 43.3 Å². The lowest BCUT2D eigenvalue weighted by molar-refractivity contribution is 0.122. The monoisotopic (exact) mass is 376 g/mol. The highest BCUT2D eigenvalue weighted by Gasteiger charge is 2.17. The molecule has 7 heteroatoms. The summed E-state index contributed by atoms with van der Waals surface area (Å²) in [5.41, 5.74) is 2.81. The Bertz CT molecular complexity index is 975. The van der Waals surface area contributed by atoms with E-state index in [1.807, 2.05) is 42.5 Å². The SMILES string of the molecule is c1ccc(-c2cc(Nc3ccc4c(c3)OCO4)nc(N3CCOCC3)n2)cc1. The average Bonchev–Trinajstić information content (AvgIpc) is 3.23. The minimum Gasteiger partial charge on any atom is -0.454 e. The van der Waals surface area contributed by atoms with E-state index in [-0.39, 0.29) is 6.79 Å². The molecule has 142 valence electrons. The lowest BCUT2D eigenvalue weighted by Gasteiger charge is -2.27. The number of aromatic nitrogens is 2. The zero-order chi connectivity index (χ0) is 18.8. The molecule has 0 unspecified atom stereocenters. The maximum Gasteiger partial charge on any atom is 0.231 e. The molecule has 1 aromatic heterocycles. The Balaban J connectivity index is 1.50.